The fourth-order valence-electron chi connectivity index (χ4n) is 3.28. The molecule has 0 saturated heterocycles. The van der Waals surface area contributed by atoms with E-state index in [0.29, 0.717) is 12.3 Å². The molecule has 0 unspecified atom stereocenters. The van der Waals surface area contributed by atoms with Gasteiger partial charge in [-0.15, -0.1) is 11.6 Å². The Balaban J connectivity index is 2.12. The number of alkyl halides is 1. The maximum Gasteiger partial charge on any atom is 0.350 e. The molecule has 0 aliphatic heterocycles. The predicted molar refractivity (Wildman–Crippen MR) is 115 cm³/mol. The van der Waals surface area contributed by atoms with Gasteiger partial charge in [-0.1, -0.05) is 91.0 Å². The van der Waals surface area contributed by atoms with Crippen molar-refractivity contribution in [2.75, 3.05) is 5.88 Å². The zero-order valence-electron chi connectivity index (χ0n) is 15.2. The Morgan fingerprint density at radius 3 is 1.48 bits per heavy atom. The van der Waals surface area contributed by atoms with Crippen LogP contribution in [0.5, 0.6) is 0 Å². The number of carbonyl (C=O) groups excluding carboxylic acids is 1. The smallest absolute Gasteiger partial charge is 0.350 e. The van der Waals surface area contributed by atoms with Crippen LogP contribution >= 0.6 is 11.6 Å². The molecule has 0 atom stereocenters. The number of unbranched alkanes of at least 4 members (excludes halogenated alkanes) is 1. The Morgan fingerprint density at radius 2 is 1.11 bits per heavy atom. The highest BCUT2D eigenvalue weighted by atomic mass is 35.5. The van der Waals surface area contributed by atoms with E-state index in [9.17, 15) is 4.79 Å². The first-order valence-electron chi connectivity index (χ1n) is 9.22. The molecule has 0 saturated carbocycles. The van der Waals surface area contributed by atoms with Gasteiger partial charge in [-0.25, -0.2) is 0 Å². The molecule has 0 aromatic heterocycles. The zero-order chi connectivity index (χ0) is 19.0. The molecule has 2 nitrogen and oxygen atoms in total. The monoisotopic (exact) mass is 394 g/mol. The number of rotatable bonds is 8. The molecule has 3 aromatic rings. The summed E-state index contributed by atoms with van der Waals surface area (Å²) in [5.74, 6) is 0.398. The third-order valence-electron chi connectivity index (χ3n) is 4.57. The lowest BCUT2D eigenvalue weighted by molar-refractivity contribution is -0.134. The maximum atomic E-state index is 12.8. The fourth-order valence-corrected chi connectivity index (χ4v) is 7.25. The number of benzene rings is 3. The van der Waals surface area contributed by atoms with Gasteiger partial charge in [0, 0.05) is 12.3 Å². The summed E-state index contributed by atoms with van der Waals surface area (Å²) in [6.07, 6.45) is 1.94. The molecule has 0 aliphatic carbocycles. The molecule has 3 aromatic carbocycles. The van der Waals surface area contributed by atoms with Gasteiger partial charge in [0.15, 0.2) is 0 Å². The highest BCUT2D eigenvalue weighted by Crippen LogP contribution is 2.12. The van der Waals surface area contributed by atoms with Crippen molar-refractivity contribution in [2.24, 2.45) is 0 Å². The molecule has 0 aliphatic rings. The van der Waals surface area contributed by atoms with Gasteiger partial charge in [-0.2, -0.15) is 0 Å². The van der Waals surface area contributed by atoms with Crippen LogP contribution in [0.1, 0.15) is 19.3 Å². The second-order valence-corrected chi connectivity index (χ2v) is 10.1. The molecule has 3 rings (SSSR count). The largest absolute Gasteiger partial charge is 0.506 e. The average Bonchev–Trinajstić information content (AvgIpc) is 2.74. The summed E-state index contributed by atoms with van der Waals surface area (Å²) in [6, 6.07) is 30.4. The van der Waals surface area contributed by atoms with Crippen LogP contribution in [0.2, 0.25) is 0 Å². The molecular formula is C23H23ClO2Si. The van der Waals surface area contributed by atoms with Crippen molar-refractivity contribution >= 4 is 41.4 Å². The number of carbonyl (C=O) groups is 1. The van der Waals surface area contributed by atoms with Crippen LogP contribution in [-0.4, -0.2) is 20.2 Å². The van der Waals surface area contributed by atoms with Crippen LogP contribution in [-0.2, 0) is 9.22 Å². The molecule has 4 heteroatoms. The highest BCUT2D eigenvalue weighted by molar-refractivity contribution is 7.07. The van der Waals surface area contributed by atoms with Crippen LogP contribution in [0.4, 0.5) is 0 Å². The van der Waals surface area contributed by atoms with Crippen LogP contribution in [0.3, 0.4) is 0 Å². The van der Waals surface area contributed by atoms with Crippen molar-refractivity contribution < 1.29 is 9.22 Å². The highest BCUT2D eigenvalue weighted by Gasteiger charge is 2.45. The number of hydrogen-bond acceptors (Lipinski definition) is 2. The summed E-state index contributed by atoms with van der Waals surface area (Å²) in [5, 5.41) is 3.19. The van der Waals surface area contributed by atoms with E-state index in [-0.39, 0.29) is 5.97 Å². The minimum atomic E-state index is -2.93. The van der Waals surface area contributed by atoms with Gasteiger partial charge >= 0.3 is 8.32 Å². The van der Waals surface area contributed by atoms with Gasteiger partial charge in [0.1, 0.15) is 0 Å². The van der Waals surface area contributed by atoms with Crippen LogP contribution in [0, 0.1) is 0 Å². The fraction of sp³-hybridized carbons (Fsp3) is 0.174. The quantitative estimate of drug-likeness (QED) is 0.252. The van der Waals surface area contributed by atoms with Crippen molar-refractivity contribution in [1.82, 2.24) is 0 Å². The van der Waals surface area contributed by atoms with E-state index >= 15 is 0 Å². The van der Waals surface area contributed by atoms with Crippen molar-refractivity contribution in [3.8, 4) is 0 Å². The standard InChI is InChI=1S/C23H23ClO2Si/c24-19-11-10-18-23(25)26-27(20-12-4-1-5-13-20,21-14-6-2-7-15-21)22-16-8-3-9-17-22/h1-9,12-17H,10-11,18-19H2. The molecule has 0 heterocycles. The summed E-state index contributed by atoms with van der Waals surface area (Å²) in [6.45, 7) is 0. The summed E-state index contributed by atoms with van der Waals surface area (Å²) >= 11 is 5.76. The average molecular weight is 395 g/mol. The minimum Gasteiger partial charge on any atom is -0.506 e. The summed E-state index contributed by atoms with van der Waals surface area (Å²) in [7, 11) is -2.93. The van der Waals surface area contributed by atoms with E-state index in [1.807, 2.05) is 54.6 Å². The van der Waals surface area contributed by atoms with Crippen molar-refractivity contribution in [2.45, 2.75) is 19.3 Å². The number of hydrogen-bond donors (Lipinski definition) is 0. The first kappa shape index (κ1) is 19.4. The van der Waals surface area contributed by atoms with E-state index in [2.05, 4.69) is 36.4 Å². The van der Waals surface area contributed by atoms with Crippen molar-refractivity contribution in [1.29, 1.82) is 0 Å². The molecule has 27 heavy (non-hydrogen) atoms. The molecule has 0 spiro atoms. The zero-order valence-corrected chi connectivity index (χ0v) is 16.9. The summed E-state index contributed by atoms with van der Waals surface area (Å²) in [4.78, 5) is 12.8. The van der Waals surface area contributed by atoms with Crippen molar-refractivity contribution in [3.63, 3.8) is 0 Å². The molecule has 0 amide bonds. The lowest BCUT2D eigenvalue weighted by Crippen LogP contribution is -2.70. The van der Waals surface area contributed by atoms with Gasteiger partial charge in [-0.05, 0) is 28.4 Å². The second-order valence-electron chi connectivity index (χ2n) is 6.40. The van der Waals surface area contributed by atoms with E-state index in [1.54, 1.807) is 0 Å². The Kier molecular flexibility index (Phi) is 6.85. The van der Waals surface area contributed by atoms with Crippen LogP contribution in [0.25, 0.3) is 0 Å². The molecule has 0 N–H and O–H groups in total. The van der Waals surface area contributed by atoms with Gasteiger partial charge in [-0.3, -0.25) is 4.79 Å². The Morgan fingerprint density at radius 1 is 0.704 bits per heavy atom. The predicted octanol–water partition coefficient (Wildman–Crippen LogP) is 3.61. The minimum absolute atomic E-state index is 0.164. The molecule has 0 fully saturated rings. The van der Waals surface area contributed by atoms with Crippen LogP contribution in [0.15, 0.2) is 91.0 Å². The second kappa shape index (κ2) is 9.54. The third-order valence-corrected chi connectivity index (χ3v) is 8.81. The van der Waals surface area contributed by atoms with Gasteiger partial charge in [0.25, 0.3) is 5.97 Å². The van der Waals surface area contributed by atoms with E-state index in [4.69, 9.17) is 16.0 Å². The van der Waals surface area contributed by atoms with Gasteiger partial charge in [0.05, 0.1) is 0 Å². The van der Waals surface area contributed by atoms with Gasteiger partial charge < -0.3 is 4.43 Å². The molecule has 0 bridgehead atoms. The molecule has 0 radical (unpaired) electrons. The van der Waals surface area contributed by atoms with E-state index in [0.717, 1.165) is 28.4 Å². The van der Waals surface area contributed by atoms with E-state index < -0.39 is 8.32 Å². The Bertz CT molecular complexity index is 741. The maximum absolute atomic E-state index is 12.8. The summed E-state index contributed by atoms with van der Waals surface area (Å²) in [5.41, 5.74) is 0. The SMILES string of the molecule is O=C(CCCCCl)O[Si](c1ccccc1)(c1ccccc1)c1ccccc1. The first-order valence-corrected chi connectivity index (χ1v) is 11.7. The molecular weight excluding hydrogens is 372 g/mol. The van der Waals surface area contributed by atoms with E-state index in [1.165, 1.54) is 0 Å². The lowest BCUT2D eigenvalue weighted by atomic mass is 10.3. The normalized spacial score (nSPS) is 11.1. The Labute approximate surface area is 166 Å². The number of halogens is 1. The first-order chi connectivity index (χ1) is 13.3. The Hall–Kier alpha value is -2.36. The van der Waals surface area contributed by atoms with Crippen molar-refractivity contribution in [3.05, 3.63) is 91.0 Å². The van der Waals surface area contributed by atoms with Crippen LogP contribution < -0.4 is 15.6 Å². The third kappa shape index (κ3) is 4.49. The summed E-state index contributed by atoms with van der Waals surface area (Å²) < 4.78 is 6.40. The molecule has 138 valence electrons. The topological polar surface area (TPSA) is 26.3 Å². The lowest BCUT2D eigenvalue weighted by Gasteiger charge is -2.32. The van der Waals surface area contributed by atoms with Gasteiger partial charge in [0.2, 0.25) is 0 Å².